The molecule has 2 aromatic carbocycles. The average Bonchev–Trinajstić information content (AvgIpc) is 2.84. The molecule has 1 aliphatic rings. The number of nitrogens with zero attached hydrogens (tertiary/aromatic N) is 2. The molecule has 0 spiro atoms. The van der Waals surface area contributed by atoms with Gasteiger partial charge in [-0.05, 0) is 55.7 Å². The number of carbonyl (C=O) groups excluding carboxylic acids is 1. The van der Waals surface area contributed by atoms with E-state index in [0.717, 1.165) is 50.7 Å². The van der Waals surface area contributed by atoms with Crippen LogP contribution < -0.4 is 10.4 Å². The second-order valence-electron chi connectivity index (χ2n) is 8.71. The van der Waals surface area contributed by atoms with Crippen LogP contribution in [0, 0.1) is 6.92 Å². The average molecular weight is 499 g/mol. The molecule has 0 saturated carbocycles. The molecular formula is C27H31ClN2O5. The molecule has 1 aromatic heterocycles. The van der Waals surface area contributed by atoms with E-state index in [-0.39, 0.29) is 12.2 Å². The highest BCUT2D eigenvalue weighted by Gasteiger charge is 2.20. The lowest BCUT2D eigenvalue weighted by atomic mass is 10.1. The van der Waals surface area contributed by atoms with E-state index in [2.05, 4.69) is 21.9 Å². The van der Waals surface area contributed by atoms with Crippen LogP contribution in [0.2, 0.25) is 5.02 Å². The van der Waals surface area contributed by atoms with E-state index in [4.69, 9.17) is 25.5 Å². The summed E-state index contributed by atoms with van der Waals surface area (Å²) >= 11 is 5.97. The van der Waals surface area contributed by atoms with Gasteiger partial charge in [-0.15, -0.1) is 0 Å². The number of esters is 1. The molecule has 35 heavy (non-hydrogen) atoms. The van der Waals surface area contributed by atoms with E-state index < -0.39 is 11.6 Å². The third-order valence-corrected chi connectivity index (χ3v) is 6.54. The van der Waals surface area contributed by atoms with Gasteiger partial charge in [0.15, 0.2) is 0 Å². The van der Waals surface area contributed by atoms with Gasteiger partial charge in [0.1, 0.15) is 16.9 Å². The molecular weight excluding hydrogens is 468 g/mol. The quantitative estimate of drug-likeness (QED) is 0.244. The van der Waals surface area contributed by atoms with Crippen LogP contribution in [0.3, 0.4) is 0 Å². The minimum Gasteiger partial charge on any atom is -0.493 e. The first-order valence-corrected chi connectivity index (χ1v) is 12.4. The number of hydrogen-bond acceptors (Lipinski definition) is 7. The molecule has 1 aliphatic heterocycles. The van der Waals surface area contributed by atoms with E-state index >= 15 is 0 Å². The van der Waals surface area contributed by atoms with Crippen LogP contribution in [0.1, 0.15) is 34.8 Å². The number of carbonyl (C=O) groups is 1. The Hall–Kier alpha value is -2.87. The summed E-state index contributed by atoms with van der Waals surface area (Å²) in [6, 6.07) is 13.4. The summed E-state index contributed by atoms with van der Waals surface area (Å²) in [6.45, 7) is 10.3. The SMILES string of the molecule is CCOC(=O)c1c(C)c2ccc(OCCCN3CCN(Cc4ccc(Cl)cc4)CC3)cc2oc1=O. The number of halogens is 1. The molecule has 0 amide bonds. The normalized spacial score (nSPS) is 14.8. The maximum Gasteiger partial charge on any atom is 0.351 e. The molecule has 0 aliphatic carbocycles. The van der Waals surface area contributed by atoms with Crippen LogP contribution in [0.25, 0.3) is 11.0 Å². The molecule has 3 aromatic rings. The van der Waals surface area contributed by atoms with Crippen molar-refractivity contribution in [2.45, 2.75) is 26.8 Å². The Balaban J connectivity index is 1.24. The van der Waals surface area contributed by atoms with Crippen LogP contribution in [0.4, 0.5) is 0 Å². The van der Waals surface area contributed by atoms with Gasteiger partial charge >= 0.3 is 11.6 Å². The molecule has 4 rings (SSSR count). The molecule has 7 nitrogen and oxygen atoms in total. The summed E-state index contributed by atoms with van der Waals surface area (Å²) in [4.78, 5) is 29.4. The van der Waals surface area contributed by atoms with Gasteiger partial charge in [-0.2, -0.15) is 0 Å². The Kier molecular flexibility index (Phi) is 8.44. The fraction of sp³-hybridized carbons (Fsp3) is 0.407. The minimum absolute atomic E-state index is 0.0544. The highest BCUT2D eigenvalue weighted by atomic mass is 35.5. The number of piperazine rings is 1. The molecule has 2 heterocycles. The van der Waals surface area contributed by atoms with Crippen molar-refractivity contribution < 1.29 is 18.7 Å². The lowest BCUT2D eigenvalue weighted by Gasteiger charge is -2.34. The van der Waals surface area contributed by atoms with Crippen molar-refractivity contribution in [1.82, 2.24) is 9.80 Å². The van der Waals surface area contributed by atoms with Crippen molar-refractivity contribution in [1.29, 1.82) is 0 Å². The van der Waals surface area contributed by atoms with Crippen molar-refractivity contribution in [3.8, 4) is 5.75 Å². The monoisotopic (exact) mass is 498 g/mol. The zero-order chi connectivity index (χ0) is 24.8. The largest absolute Gasteiger partial charge is 0.493 e. The summed E-state index contributed by atoms with van der Waals surface area (Å²) in [5, 5.41) is 1.46. The van der Waals surface area contributed by atoms with E-state index in [1.54, 1.807) is 19.9 Å². The van der Waals surface area contributed by atoms with Crippen molar-refractivity contribution in [3.63, 3.8) is 0 Å². The Morgan fingerprint density at radius 1 is 1.06 bits per heavy atom. The fourth-order valence-electron chi connectivity index (χ4n) is 4.36. The number of fused-ring (bicyclic) bond motifs is 1. The molecule has 8 heteroatoms. The van der Waals surface area contributed by atoms with Crippen LogP contribution in [0.5, 0.6) is 5.75 Å². The topological polar surface area (TPSA) is 72.2 Å². The Morgan fingerprint density at radius 2 is 1.77 bits per heavy atom. The fourth-order valence-corrected chi connectivity index (χ4v) is 4.49. The smallest absolute Gasteiger partial charge is 0.351 e. The van der Waals surface area contributed by atoms with Gasteiger partial charge in [-0.25, -0.2) is 9.59 Å². The van der Waals surface area contributed by atoms with Gasteiger partial charge < -0.3 is 18.8 Å². The first kappa shape index (κ1) is 25.2. The number of benzene rings is 2. The van der Waals surface area contributed by atoms with E-state index in [9.17, 15) is 9.59 Å². The number of ether oxygens (including phenoxy) is 2. The maximum atomic E-state index is 12.3. The number of rotatable bonds is 9. The lowest BCUT2D eigenvalue weighted by Crippen LogP contribution is -2.46. The zero-order valence-corrected chi connectivity index (χ0v) is 21.0. The number of hydrogen-bond donors (Lipinski definition) is 0. The van der Waals surface area contributed by atoms with E-state index in [0.29, 0.717) is 28.9 Å². The van der Waals surface area contributed by atoms with Gasteiger partial charge in [-0.1, -0.05) is 23.7 Å². The van der Waals surface area contributed by atoms with Gasteiger partial charge in [0.2, 0.25) is 0 Å². The van der Waals surface area contributed by atoms with Gasteiger partial charge in [0.25, 0.3) is 0 Å². The molecule has 0 radical (unpaired) electrons. The first-order chi connectivity index (χ1) is 16.9. The van der Waals surface area contributed by atoms with Crippen LogP contribution >= 0.6 is 11.6 Å². The highest BCUT2D eigenvalue weighted by molar-refractivity contribution is 6.30. The summed E-state index contributed by atoms with van der Waals surface area (Å²) in [5.41, 5.74) is 1.49. The summed E-state index contributed by atoms with van der Waals surface area (Å²) in [5.74, 6) is -0.0245. The molecule has 1 saturated heterocycles. The number of aryl methyl sites for hydroxylation is 1. The van der Waals surface area contributed by atoms with E-state index in [1.807, 2.05) is 24.3 Å². The zero-order valence-electron chi connectivity index (χ0n) is 20.2. The third kappa shape index (κ3) is 6.42. The highest BCUT2D eigenvalue weighted by Crippen LogP contribution is 2.24. The predicted molar refractivity (Wildman–Crippen MR) is 136 cm³/mol. The van der Waals surface area contributed by atoms with Crippen LogP contribution in [-0.4, -0.2) is 61.7 Å². The molecule has 186 valence electrons. The first-order valence-electron chi connectivity index (χ1n) is 12.0. The van der Waals surface area contributed by atoms with Crippen molar-refractivity contribution >= 4 is 28.5 Å². The minimum atomic E-state index is -0.694. The molecule has 1 fully saturated rings. The standard InChI is InChI=1S/C27H31ClN2O5/c1-3-33-26(31)25-19(2)23-10-9-22(17-24(23)35-27(25)32)34-16-4-11-29-12-14-30(15-13-29)18-20-5-7-21(28)8-6-20/h5-10,17H,3-4,11-16,18H2,1-2H3. The van der Waals surface area contributed by atoms with Gasteiger partial charge in [0.05, 0.1) is 13.2 Å². The molecule has 0 N–H and O–H groups in total. The summed E-state index contributed by atoms with van der Waals surface area (Å²) < 4.78 is 16.3. The molecule has 0 unspecified atom stereocenters. The van der Waals surface area contributed by atoms with Crippen molar-refractivity contribution in [2.24, 2.45) is 0 Å². The summed E-state index contributed by atoms with van der Waals surface area (Å²) in [7, 11) is 0. The maximum absolute atomic E-state index is 12.3. The summed E-state index contributed by atoms with van der Waals surface area (Å²) in [6.07, 6.45) is 0.903. The predicted octanol–water partition coefficient (Wildman–Crippen LogP) is 4.52. The molecule has 0 bridgehead atoms. The van der Waals surface area contributed by atoms with E-state index in [1.165, 1.54) is 5.56 Å². The molecule has 0 atom stereocenters. The second-order valence-corrected chi connectivity index (χ2v) is 9.15. The Labute approximate surface area is 210 Å². The lowest BCUT2D eigenvalue weighted by molar-refractivity contribution is 0.0521. The Morgan fingerprint density at radius 3 is 2.49 bits per heavy atom. The van der Waals surface area contributed by atoms with Gasteiger partial charge in [-0.3, -0.25) is 4.90 Å². The van der Waals surface area contributed by atoms with Crippen LogP contribution in [-0.2, 0) is 11.3 Å². The third-order valence-electron chi connectivity index (χ3n) is 6.29. The van der Waals surface area contributed by atoms with Crippen molar-refractivity contribution in [3.05, 3.63) is 74.6 Å². The van der Waals surface area contributed by atoms with Crippen molar-refractivity contribution in [2.75, 3.05) is 45.9 Å². The Bertz CT molecular complexity index is 1220. The van der Waals surface area contributed by atoms with Gasteiger partial charge in [0, 0.05) is 55.7 Å². The van der Waals surface area contributed by atoms with Crippen LogP contribution in [0.15, 0.2) is 51.7 Å². The second kappa shape index (κ2) is 11.7.